The van der Waals surface area contributed by atoms with Crippen molar-refractivity contribution < 1.29 is 14.3 Å². The Morgan fingerprint density at radius 2 is 1.65 bits per heavy atom. The van der Waals surface area contributed by atoms with E-state index in [-0.39, 0.29) is 18.0 Å². The Balaban J connectivity index is 2.11. The topological polar surface area (TPSA) is 43.4 Å². The third-order valence-corrected chi connectivity index (χ3v) is 3.85. The summed E-state index contributed by atoms with van der Waals surface area (Å²) in [5.74, 6) is 0.346. The molecule has 0 saturated carbocycles. The molecule has 0 radical (unpaired) electrons. The third kappa shape index (κ3) is 3.45. The van der Waals surface area contributed by atoms with Crippen molar-refractivity contribution in [3.63, 3.8) is 0 Å². The van der Waals surface area contributed by atoms with Gasteiger partial charge in [0.1, 0.15) is 5.75 Å². The smallest absolute Gasteiger partial charge is 0.171 e. The van der Waals surface area contributed by atoms with E-state index in [2.05, 4.69) is 22.6 Å². The lowest BCUT2D eigenvalue weighted by molar-refractivity contribution is 0.0894. The zero-order valence-electron chi connectivity index (χ0n) is 10.9. The van der Waals surface area contributed by atoms with Gasteiger partial charge in [0.05, 0.1) is 13.5 Å². The SMILES string of the molecule is COc1ccc(C(=O)CC(=O)c2ccccc2I)cc1. The Kier molecular flexibility index (Phi) is 4.89. The van der Waals surface area contributed by atoms with Crippen molar-refractivity contribution in [3.8, 4) is 5.75 Å². The molecule has 0 aliphatic carbocycles. The molecule has 0 aliphatic heterocycles. The first kappa shape index (κ1) is 14.7. The summed E-state index contributed by atoms with van der Waals surface area (Å²) in [5, 5.41) is 0. The van der Waals surface area contributed by atoms with Crippen molar-refractivity contribution >= 4 is 34.2 Å². The summed E-state index contributed by atoms with van der Waals surface area (Å²) in [6.07, 6.45) is -0.119. The molecule has 0 saturated heterocycles. The van der Waals surface area contributed by atoms with Crippen LogP contribution in [0.2, 0.25) is 0 Å². The number of ether oxygens (including phenoxy) is 1. The van der Waals surface area contributed by atoms with Crippen molar-refractivity contribution in [2.24, 2.45) is 0 Å². The number of rotatable bonds is 5. The summed E-state index contributed by atoms with van der Waals surface area (Å²) in [4.78, 5) is 24.2. The van der Waals surface area contributed by atoms with Crippen LogP contribution in [0, 0.1) is 3.57 Å². The summed E-state index contributed by atoms with van der Waals surface area (Å²) in [5.41, 5.74) is 1.11. The summed E-state index contributed by atoms with van der Waals surface area (Å²) in [6.45, 7) is 0. The van der Waals surface area contributed by atoms with Crippen LogP contribution >= 0.6 is 22.6 Å². The fourth-order valence-corrected chi connectivity index (χ4v) is 2.50. The maximum atomic E-state index is 12.1. The van der Waals surface area contributed by atoms with E-state index in [9.17, 15) is 9.59 Å². The van der Waals surface area contributed by atoms with Gasteiger partial charge in [-0.3, -0.25) is 9.59 Å². The van der Waals surface area contributed by atoms with E-state index in [1.807, 2.05) is 12.1 Å². The van der Waals surface area contributed by atoms with Crippen LogP contribution in [0.1, 0.15) is 27.1 Å². The lowest BCUT2D eigenvalue weighted by Crippen LogP contribution is -2.09. The molecule has 0 aliphatic rings. The first-order valence-electron chi connectivity index (χ1n) is 6.07. The van der Waals surface area contributed by atoms with Crippen molar-refractivity contribution in [3.05, 3.63) is 63.2 Å². The van der Waals surface area contributed by atoms with Crippen LogP contribution in [0.4, 0.5) is 0 Å². The second-order valence-electron chi connectivity index (χ2n) is 4.23. The number of benzene rings is 2. The lowest BCUT2D eigenvalue weighted by atomic mass is 10.0. The standard InChI is InChI=1S/C16H13IO3/c1-20-12-8-6-11(7-9-12)15(18)10-16(19)13-4-2-3-5-14(13)17/h2-9H,10H2,1H3. The van der Waals surface area contributed by atoms with Crippen molar-refractivity contribution in [2.45, 2.75) is 6.42 Å². The fraction of sp³-hybridized carbons (Fsp3) is 0.125. The molecule has 3 nitrogen and oxygen atoms in total. The van der Waals surface area contributed by atoms with Gasteiger partial charge in [-0.1, -0.05) is 18.2 Å². The molecule has 0 N–H and O–H groups in total. The van der Waals surface area contributed by atoms with Crippen LogP contribution in [0.25, 0.3) is 0 Å². The highest BCUT2D eigenvalue weighted by molar-refractivity contribution is 14.1. The highest BCUT2D eigenvalue weighted by Gasteiger charge is 2.15. The summed E-state index contributed by atoms with van der Waals surface area (Å²) in [6, 6.07) is 14.0. The van der Waals surface area contributed by atoms with Gasteiger partial charge >= 0.3 is 0 Å². The van der Waals surface area contributed by atoms with Gasteiger partial charge in [-0.15, -0.1) is 0 Å². The number of carbonyl (C=O) groups is 2. The first-order chi connectivity index (χ1) is 9.61. The van der Waals surface area contributed by atoms with Crippen molar-refractivity contribution in [2.75, 3.05) is 7.11 Å². The third-order valence-electron chi connectivity index (χ3n) is 2.91. The molecule has 102 valence electrons. The molecule has 0 heterocycles. The molecular formula is C16H13IO3. The Labute approximate surface area is 131 Å². The van der Waals surface area contributed by atoms with E-state index in [1.165, 1.54) is 0 Å². The van der Waals surface area contributed by atoms with Crippen molar-refractivity contribution in [1.29, 1.82) is 0 Å². The van der Waals surface area contributed by atoms with Gasteiger partial charge in [-0.2, -0.15) is 0 Å². The van der Waals surface area contributed by atoms with E-state index in [0.29, 0.717) is 16.9 Å². The zero-order valence-corrected chi connectivity index (χ0v) is 13.1. The molecule has 0 aromatic heterocycles. The van der Waals surface area contributed by atoms with Gasteiger partial charge in [0.15, 0.2) is 11.6 Å². The lowest BCUT2D eigenvalue weighted by Gasteiger charge is -2.04. The van der Waals surface area contributed by atoms with Gasteiger partial charge in [0.2, 0.25) is 0 Å². The quantitative estimate of drug-likeness (QED) is 0.451. The summed E-state index contributed by atoms with van der Waals surface area (Å²) >= 11 is 2.10. The highest BCUT2D eigenvalue weighted by Crippen LogP contribution is 2.17. The number of hydrogen-bond donors (Lipinski definition) is 0. The number of methoxy groups -OCH3 is 1. The van der Waals surface area contributed by atoms with Gasteiger partial charge < -0.3 is 4.74 Å². The molecule has 2 aromatic carbocycles. The molecule has 0 spiro atoms. The fourth-order valence-electron chi connectivity index (χ4n) is 1.81. The van der Waals surface area contributed by atoms with Crippen molar-refractivity contribution in [1.82, 2.24) is 0 Å². The molecule has 2 aromatic rings. The molecule has 0 unspecified atom stereocenters. The van der Waals surface area contributed by atoms with Gasteiger partial charge in [-0.05, 0) is 52.9 Å². The van der Waals surface area contributed by atoms with Crippen LogP contribution in [0.3, 0.4) is 0 Å². The van der Waals surface area contributed by atoms with E-state index >= 15 is 0 Å². The zero-order chi connectivity index (χ0) is 14.5. The van der Waals surface area contributed by atoms with E-state index < -0.39 is 0 Å². The highest BCUT2D eigenvalue weighted by atomic mass is 127. The minimum atomic E-state index is -0.183. The van der Waals surface area contributed by atoms with E-state index in [0.717, 1.165) is 3.57 Å². The maximum Gasteiger partial charge on any atom is 0.171 e. The number of ketones is 2. The van der Waals surface area contributed by atoms with Crippen LogP contribution in [0.15, 0.2) is 48.5 Å². The Morgan fingerprint density at radius 1 is 1.00 bits per heavy atom. The molecule has 4 heteroatoms. The normalized spacial score (nSPS) is 10.1. The average Bonchev–Trinajstić information content (AvgIpc) is 2.47. The molecule has 0 amide bonds. The summed E-state index contributed by atoms with van der Waals surface area (Å²) in [7, 11) is 1.57. The number of Topliss-reactive ketones (excluding diaryl/α,β-unsaturated/α-hetero) is 2. The molecule has 0 atom stereocenters. The Hall–Kier alpha value is -1.69. The van der Waals surface area contributed by atoms with Gasteiger partial charge in [0, 0.05) is 14.7 Å². The van der Waals surface area contributed by atoms with Crippen LogP contribution < -0.4 is 4.74 Å². The van der Waals surface area contributed by atoms with Gasteiger partial charge in [0.25, 0.3) is 0 Å². The van der Waals surface area contributed by atoms with Crippen LogP contribution in [-0.4, -0.2) is 18.7 Å². The van der Waals surface area contributed by atoms with Crippen LogP contribution in [-0.2, 0) is 0 Å². The van der Waals surface area contributed by atoms with E-state index in [4.69, 9.17) is 4.74 Å². The van der Waals surface area contributed by atoms with Crippen LogP contribution in [0.5, 0.6) is 5.75 Å². The average molecular weight is 380 g/mol. The Bertz CT molecular complexity index is 632. The number of halogens is 1. The molecule has 2 rings (SSSR count). The second kappa shape index (κ2) is 6.65. The maximum absolute atomic E-state index is 12.1. The molecule has 20 heavy (non-hydrogen) atoms. The Morgan fingerprint density at radius 3 is 2.25 bits per heavy atom. The summed E-state index contributed by atoms with van der Waals surface area (Å²) < 4.78 is 5.89. The molecule has 0 fully saturated rings. The van der Waals surface area contributed by atoms with E-state index in [1.54, 1.807) is 43.5 Å². The first-order valence-corrected chi connectivity index (χ1v) is 7.14. The number of carbonyl (C=O) groups excluding carboxylic acids is 2. The monoisotopic (exact) mass is 380 g/mol. The number of hydrogen-bond acceptors (Lipinski definition) is 3. The minimum absolute atomic E-state index is 0.119. The molecular weight excluding hydrogens is 367 g/mol. The van der Waals surface area contributed by atoms with Gasteiger partial charge in [-0.25, -0.2) is 0 Å². The largest absolute Gasteiger partial charge is 0.497 e. The molecule has 0 bridgehead atoms. The minimum Gasteiger partial charge on any atom is -0.497 e. The predicted molar refractivity (Wildman–Crippen MR) is 85.4 cm³/mol. The predicted octanol–water partition coefficient (Wildman–Crippen LogP) is 3.76. The second-order valence-corrected chi connectivity index (χ2v) is 5.39.